The first kappa shape index (κ1) is 19.4. The molecule has 0 fully saturated rings. The number of aryl methyl sites for hydroxylation is 2. The third-order valence-electron chi connectivity index (χ3n) is 5.87. The molecule has 0 saturated carbocycles. The summed E-state index contributed by atoms with van der Waals surface area (Å²) in [6, 6.07) is 10.7. The summed E-state index contributed by atoms with van der Waals surface area (Å²) in [5, 5.41) is 1.27. The topological polar surface area (TPSA) is 54.6 Å². The van der Waals surface area contributed by atoms with E-state index in [0.29, 0.717) is 6.61 Å². The highest BCUT2D eigenvalue weighted by Gasteiger charge is 2.28. The highest BCUT2D eigenvalue weighted by atomic mass is 16.5. The maximum Gasteiger partial charge on any atom is 0.210 e. The van der Waals surface area contributed by atoms with Gasteiger partial charge in [-0.25, -0.2) is 0 Å². The van der Waals surface area contributed by atoms with Crippen LogP contribution in [0.25, 0.3) is 10.9 Å². The molecule has 0 aliphatic carbocycles. The van der Waals surface area contributed by atoms with Crippen LogP contribution in [0.4, 0.5) is 0 Å². The number of nitrogens with one attached hydrogen (secondary N) is 1. The Morgan fingerprint density at radius 1 is 1.24 bits per heavy atom. The maximum absolute atomic E-state index is 11.8. The molecule has 1 aliphatic rings. The standard InChI is InChI=1S/C24H28N2O3/c1-4-29-24-13-20-17(12-23(24)28-3)9-10-26(15-27)22(20)8-6-18-14-25-21-7-5-16(2)11-19(18)21/h5,7,11-15,22,25H,4,6,8-10H2,1-3H3/t22-/m0/s1. The molecule has 4 rings (SSSR count). The molecule has 1 N–H and O–H groups in total. The van der Waals surface area contributed by atoms with E-state index in [-0.39, 0.29) is 6.04 Å². The van der Waals surface area contributed by atoms with Gasteiger partial charge in [-0.2, -0.15) is 0 Å². The zero-order valence-corrected chi connectivity index (χ0v) is 17.3. The summed E-state index contributed by atoms with van der Waals surface area (Å²) in [6.45, 7) is 5.38. The van der Waals surface area contributed by atoms with E-state index in [1.807, 2.05) is 11.8 Å². The molecule has 1 aromatic heterocycles. The number of rotatable bonds is 7. The Bertz CT molecular complexity index is 1020. The summed E-state index contributed by atoms with van der Waals surface area (Å²) in [5.74, 6) is 1.50. The summed E-state index contributed by atoms with van der Waals surface area (Å²) >= 11 is 0. The molecule has 0 saturated heterocycles. The predicted octanol–water partition coefficient (Wildman–Crippen LogP) is 4.57. The first-order valence-corrected chi connectivity index (χ1v) is 10.3. The minimum absolute atomic E-state index is 0.0381. The Hall–Kier alpha value is -2.95. The second-order valence-electron chi connectivity index (χ2n) is 7.65. The van der Waals surface area contributed by atoms with Gasteiger partial charge in [0, 0.05) is 23.6 Å². The van der Waals surface area contributed by atoms with E-state index >= 15 is 0 Å². The van der Waals surface area contributed by atoms with Gasteiger partial charge in [0.1, 0.15) is 0 Å². The van der Waals surface area contributed by atoms with Crippen LogP contribution in [0.1, 0.15) is 41.6 Å². The van der Waals surface area contributed by atoms with Crippen molar-refractivity contribution in [3.8, 4) is 11.5 Å². The lowest BCUT2D eigenvalue weighted by atomic mass is 9.88. The van der Waals surface area contributed by atoms with Gasteiger partial charge in [-0.1, -0.05) is 11.6 Å². The Balaban J connectivity index is 1.66. The monoisotopic (exact) mass is 392 g/mol. The molecule has 3 aromatic rings. The fourth-order valence-electron chi connectivity index (χ4n) is 4.40. The number of hydrogen-bond acceptors (Lipinski definition) is 3. The Morgan fingerprint density at radius 2 is 2.10 bits per heavy atom. The zero-order chi connectivity index (χ0) is 20.4. The van der Waals surface area contributed by atoms with Crippen LogP contribution in [0.15, 0.2) is 36.5 Å². The van der Waals surface area contributed by atoms with E-state index in [1.165, 1.54) is 27.6 Å². The summed E-state index contributed by atoms with van der Waals surface area (Å²) in [6.07, 6.45) is 5.67. The molecular formula is C24H28N2O3. The summed E-state index contributed by atoms with van der Waals surface area (Å²) in [7, 11) is 1.67. The van der Waals surface area contributed by atoms with Crippen molar-refractivity contribution in [3.63, 3.8) is 0 Å². The molecule has 2 heterocycles. The number of fused-ring (bicyclic) bond motifs is 2. The van der Waals surface area contributed by atoms with E-state index in [9.17, 15) is 4.79 Å². The fraction of sp³-hybridized carbons (Fsp3) is 0.375. The third kappa shape index (κ3) is 3.69. The van der Waals surface area contributed by atoms with Gasteiger partial charge in [-0.15, -0.1) is 0 Å². The van der Waals surface area contributed by atoms with E-state index < -0.39 is 0 Å². The number of methoxy groups -OCH3 is 1. The summed E-state index contributed by atoms with van der Waals surface area (Å²) < 4.78 is 11.3. The van der Waals surface area contributed by atoms with Crippen molar-refractivity contribution in [2.75, 3.05) is 20.3 Å². The lowest BCUT2D eigenvalue weighted by Gasteiger charge is -2.35. The zero-order valence-electron chi connectivity index (χ0n) is 17.3. The molecule has 5 heteroatoms. The van der Waals surface area contributed by atoms with Gasteiger partial charge in [0.2, 0.25) is 6.41 Å². The van der Waals surface area contributed by atoms with Crippen LogP contribution in [0.2, 0.25) is 0 Å². The average Bonchev–Trinajstić information content (AvgIpc) is 3.13. The Labute approximate surface area is 171 Å². The minimum atomic E-state index is 0.0381. The van der Waals surface area contributed by atoms with Gasteiger partial charge in [-0.3, -0.25) is 4.79 Å². The fourth-order valence-corrected chi connectivity index (χ4v) is 4.40. The van der Waals surface area contributed by atoms with Crippen LogP contribution in [-0.4, -0.2) is 36.6 Å². The second-order valence-corrected chi connectivity index (χ2v) is 7.65. The first-order chi connectivity index (χ1) is 14.1. The molecule has 0 bridgehead atoms. The molecule has 0 spiro atoms. The number of benzene rings is 2. The number of carbonyl (C=O) groups is 1. The third-order valence-corrected chi connectivity index (χ3v) is 5.87. The van der Waals surface area contributed by atoms with Gasteiger partial charge in [0.05, 0.1) is 19.8 Å². The summed E-state index contributed by atoms with van der Waals surface area (Å²) in [4.78, 5) is 17.1. The van der Waals surface area contributed by atoms with Crippen molar-refractivity contribution in [2.24, 2.45) is 0 Å². The van der Waals surface area contributed by atoms with Crippen LogP contribution < -0.4 is 9.47 Å². The number of H-pyrrole nitrogens is 1. The lowest BCUT2D eigenvalue weighted by molar-refractivity contribution is -0.120. The smallest absolute Gasteiger partial charge is 0.210 e. The molecule has 5 nitrogen and oxygen atoms in total. The average molecular weight is 392 g/mol. The Kier molecular flexibility index (Phi) is 5.47. The van der Waals surface area contributed by atoms with Crippen LogP contribution in [0, 0.1) is 6.92 Å². The van der Waals surface area contributed by atoms with Gasteiger partial charge in [0.25, 0.3) is 0 Å². The van der Waals surface area contributed by atoms with Crippen molar-refractivity contribution < 1.29 is 14.3 Å². The number of nitrogens with zero attached hydrogens (tertiary/aromatic N) is 1. The molecule has 0 radical (unpaired) electrons. The molecule has 1 aliphatic heterocycles. The van der Waals surface area contributed by atoms with Gasteiger partial charge >= 0.3 is 0 Å². The number of aromatic amines is 1. The summed E-state index contributed by atoms with van der Waals surface area (Å²) in [5.41, 5.74) is 6.11. The van der Waals surface area contributed by atoms with Crippen LogP contribution in [0.5, 0.6) is 11.5 Å². The molecule has 2 aromatic carbocycles. The first-order valence-electron chi connectivity index (χ1n) is 10.3. The molecule has 152 valence electrons. The van der Waals surface area contributed by atoms with Crippen LogP contribution in [-0.2, 0) is 17.6 Å². The predicted molar refractivity (Wildman–Crippen MR) is 115 cm³/mol. The van der Waals surface area contributed by atoms with Crippen molar-refractivity contribution >= 4 is 17.3 Å². The van der Waals surface area contributed by atoms with Crippen LogP contribution >= 0.6 is 0 Å². The minimum Gasteiger partial charge on any atom is -0.493 e. The lowest BCUT2D eigenvalue weighted by Crippen LogP contribution is -2.34. The van der Waals surface area contributed by atoms with E-state index in [1.54, 1.807) is 7.11 Å². The van der Waals surface area contributed by atoms with Gasteiger partial charge in [-0.05, 0) is 74.1 Å². The molecule has 1 atom stereocenters. The quantitative estimate of drug-likeness (QED) is 0.599. The normalized spacial score (nSPS) is 16.0. The second kappa shape index (κ2) is 8.19. The highest BCUT2D eigenvalue weighted by Crippen LogP contribution is 2.39. The maximum atomic E-state index is 11.8. The molecular weight excluding hydrogens is 364 g/mol. The van der Waals surface area contributed by atoms with Gasteiger partial charge < -0.3 is 19.4 Å². The largest absolute Gasteiger partial charge is 0.493 e. The number of aromatic nitrogens is 1. The number of ether oxygens (including phenoxy) is 2. The Morgan fingerprint density at radius 3 is 2.86 bits per heavy atom. The molecule has 0 unspecified atom stereocenters. The molecule has 1 amide bonds. The number of hydrogen-bond donors (Lipinski definition) is 1. The van der Waals surface area contributed by atoms with E-state index in [0.717, 1.165) is 49.2 Å². The van der Waals surface area contributed by atoms with E-state index in [2.05, 4.69) is 48.4 Å². The van der Waals surface area contributed by atoms with Gasteiger partial charge in [0.15, 0.2) is 11.5 Å². The van der Waals surface area contributed by atoms with Crippen molar-refractivity contribution in [1.82, 2.24) is 9.88 Å². The van der Waals surface area contributed by atoms with Crippen molar-refractivity contribution in [1.29, 1.82) is 0 Å². The van der Waals surface area contributed by atoms with Crippen LogP contribution in [0.3, 0.4) is 0 Å². The SMILES string of the molecule is CCOc1cc2c(cc1OC)CCN(C=O)[C@H]2CCc1c[nH]c2ccc(C)cc12. The molecule has 29 heavy (non-hydrogen) atoms. The number of carbonyl (C=O) groups excluding carboxylic acids is 1. The van der Waals surface area contributed by atoms with Crippen molar-refractivity contribution in [3.05, 3.63) is 58.8 Å². The van der Waals surface area contributed by atoms with Crippen molar-refractivity contribution in [2.45, 2.75) is 39.2 Å². The number of amides is 1. The van der Waals surface area contributed by atoms with E-state index in [4.69, 9.17) is 9.47 Å². The highest BCUT2D eigenvalue weighted by molar-refractivity contribution is 5.83.